The fourth-order valence-electron chi connectivity index (χ4n) is 1.87. The number of nitrogens with zero attached hydrogens (tertiary/aromatic N) is 1. The number of hydrogen-bond donors (Lipinski definition) is 1. The van der Waals surface area contributed by atoms with E-state index in [9.17, 15) is 14.9 Å². The van der Waals surface area contributed by atoms with Gasteiger partial charge in [0.25, 0.3) is 5.69 Å². The largest absolute Gasteiger partial charge is 0.496 e. The topological polar surface area (TPSA) is 81.5 Å². The van der Waals surface area contributed by atoms with E-state index in [-0.39, 0.29) is 23.7 Å². The number of amides is 1. The van der Waals surface area contributed by atoms with Gasteiger partial charge in [0.2, 0.25) is 5.91 Å². The summed E-state index contributed by atoms with van der Waals surface area (Å²) in [6.45, 7) is 0. The van der Waals surface area contributed by atoms with Gasteiger partial charge in [-0.2, -0.15) is 0 Å². The molecule has 2 aromatic rings. The molecule has 2 aromatic carbocycles. The van der Waals surface area contributed by atoms with Crippen molar-refractivity contribution in [3.63, 3.8) is 0 Å². The summed E-state index contributed by atoms with van der Waals surface area (Å²) in [7, 11) is 1.42. The minimum absolute atomic E-state index is 0.154. The number of nitro groups is 1. The fraction of sp³-hybridized carbons (Fsp3) is 0.133. The molecule has 6 heteroatoms. The van der Waals surface area contributed by atoms with Crippen molar-refractivity contribution in [3.8, 4) is 5.75 Å². The highest BCUT2D eigenvalue weighted by molar-refractivity contribution is 5.94. The molecule has 0 heterocycles. The van der Waals surface area contributed by atoms with Crippen LogP contribution in [0, 0.1) is 10.1 Å². The van der Waals surface area contributed by atoms with Crippen molar-refractivity contribution < 1.29 is 14.5 Å². The van der Waals surface area contributed by atoms with Crippen LogP contribution in [0.2, 0.25) is 0 Å². The average Bonchev–Trinajstić information content (AvgIpc) is 2.48. The summed E-state index contributed by atoms with van der Waals surface area (Å²) in [5, 5.41) is 13.6. The summed E-state index contributed by atoms with van der Waals surface area (Å²) in [5.74, 6) is 0.0530. The molecular formula is C15H14N2O4. The van der Waals surface area contributed by atoms with E-state index < -0.39 is 4.92 Å². The molecule has 0 radical (unpaired) electrons. The van der Waals surface area contributed by atoms with Crippen molar-refractivity contribution in [1.82, 2.24) is 0 Å². The maximum Gasteiger partial charge on any atom is 0.296 e. The number of rotatable bonds is 5. The van der Waals surface area contributed by atoms with Crippen molar-refractivity contribution in [2.75, 3.05) is 12.4 Å². The fourth-order valence-corrected chi connectivity index (χ4v) is 1.87. The van der Waals surface area contributed by atoms with Crippen molar-refractivity contribution >= 4 is 17.3 Å². The maximum absolute atomic E-state index is 11.9. The highest BCUT2D eigenvalue weighted by atomic mass is 16.6. The molecule has 0 aliphatic heterocycles. The van der Waals surface area contributed by atoms with Crippen LogP contribution in [-0.4, -0.2) is 17.9 Å². The Kier molecular flexibility index (Phi) is 4.50. The third-order valence-electron chi connectivity index (χ3n) is 2.88. The predicted octanol–water partition coefficient (Wildman–Crippen LogP) is 2.78. The summed E-state index contributed by atoms with van der Waals surface area (Å²) in [4.78, 5) is 22.4. The standard InChI is InChI=1S/C15H14N2O4/c1-21-12-7-8-13(14(10-12)17(19)20)16-15(18)9-11-5-3-2-4-6-11/h2-8,10H,9H2,1H3,(H,16,18). The van der Waals surface area contributed by atoms with Crippen LogP contribution in [0.3, 0.4) is 0 Å². The smallest absolute Gasteiger partial charge is 0.296 e. The van der Waals surface area contributed by atoms with Crippen LogP contribution in [0.4, 0.5) is 11.4 Å². The Bertz CT molecular complexity index is 656. The molecule has 0 saturated heterocycles. The number of carbonyl (C=O) groups excluding carboxylic acids is 1. The lowest BCUT2D eigenvalue weighted by molar-refractivity contribution is -0.384. The minimum Gasteiger partial charge on any atom is -0.496 e. The Morgan fingerprint density at radius 3 is 2.57 bits per heavy atom. The predicted molar refractivity (Wildman–Crippen MR) is 78.4 cm³/mol. The first-order chi connectivity index (χ1) is 10.1. The van der Waals surface area contributed by atoms with Crippen molar-refractivity contribution in [3.05, 3.63) is 64.2 Å². The molecule has 1 amide bonds. The van der Waals surface area contributed by atoms with Crippen LogP contribution in [0.15, 0.2) is 48.5 Å². The van der Waals surface area contributed by atoms with Crippen LogP contribution in [0.5, 0.6) is 5.75 Å². The van der Waals surface area contributed by atoms with Gasteiger partial charge in [-0.3, -0.25) is 14.9 Å². The molecule has 0 fully saturated rings. The van der Waals surface area contributed by atoms with Crippen LogP contribution < -0.4 is 10.1 Å². The molecular weight excluding hydrogens is 272 g/mol. The van der Waals surface area contributed by atoms with E-state index in [1.807, 2.05) is 30.3 Å². The molecule has 0 saturated carbocycles. The zero-order valence-electron chi connectivity index (χ0n) is 11.4. The lowest BCUT2D eigenvalue weighted by Crippen LogP contribution is -2.15. The molecule has 0 spiro atoms. The van der Waals surface area contributed by atoms with E-state index in [1.54, 1.807) is 6.07 Å². The van der Waals surface area contributed by atoms with Crippen molar-refractivity contribution in [1.29, 1.82) is 0 Å². The van der Waals surface area contributed by atoms with E-state index in [1.165, 1.54) is 19.2 Å². The number of hydrogen-bond acceptors (Lipinski definition) is 4. The number of carbonyl (C=O) groups is 1. The first kappa shape index (κ1) is 14.5. The molecule has 6 nitrogen and oxygen atoms in total. The number of methoxy groups -OCH3 is 1. The molecule has 21 heavy (non-hydrogen) atoms. The Hall–Kier alpha value is -2.89. The average molecular weight is 286 g/mol. The molecule has 2 rings (SSSR count). The molecule has 0 aliphatic carbocycles. The lowest BCUT2D eigenvalue weighted by atomic mass is 10.1. The first-order valence-corrected chi connectivity index (χ1v) is 6.26. The molecule has 0 aliphatic rings. The minimum atomic E-state index is -0.555. The SMILES string of the molecule is COc1ccc(NC(=O)Cc2ccccc2)c([N+](=O)[O-])c1. The quantitative estimate of drug-likeness (QED) is 0.677. The van der Waals surface area contributed by atoms with Gasteiger partial charge in [0.05, 0.1) is 24.5 Å². The Morgan fingerprint density at radius 2 is 1.95 bits per heavy atom. The molecule has 1 N–H and O–H groups in total. The monoisotopic (exact) mass is 286 g/mol. The van der Waals surface area contributed by atoms with Gasteiger partial charge in [-0.25, -0.2) is 0 Å². The van der Waals surface area contributed by atoms with Crippen LogP contribution in [-0.2, 0) is 11.2 Å². The van der Waals surface area contributed by atoms with Gasteiger partial charge < -0.3 is 10.1 Å². The van der Waals surface area contributed by atoms with E-state index in [0.29, 0.717) is 5.75 Å². The van der Waals surface area contributed by atoms with Crippen LogP contribution in [0.1, 0.15) is 5.56 Å². The van der Waals surface area contributed by atoms with E-state index in [0.717, 1.165) is 5.56 Å². The maximum atomic E-state index is 11.9. The number of ether oxygens (including phenoxy) is 1. The summed E-state index contributed by atoms with van der Waals surface area (Å²) in [6, 6.07) is 13.5. The number of nitrogens with one attached hydrogen (secondary N) is 1. The van der Waals surface area contributed by atoms with E-state index >= 15 is 0 Å². The number of nitro benzene ring substituents is 1. The Morgan fingerprint density at radius 1 is 1.24 bits per heavy atom. The normalized spacial score (nSPS) is 9.95. The molecule has 108 valence electrons. The van der Waals surface area contributed by atoms with E-state index in [2.05, 4.69) is 5.32 Å². The van der Waals surface area contributed by atoms with Gasteiger partial charge in [0.15, 0.2) is 0 Å². The van der Waals surface area contributed by atoms with Gasteiger partial charge in [0, 0.05) is 0 Å². The third kappa shape index (κ3) is 3.79. The highest BCUT2D eigenvalue weighted by Crippen LogP contribution is 2.28. The van der Waals surface area contributed by atoms with Crippen molar-refractivity contribution in [2.45, 2.75) is 6.42 Å². The molecule has 0 atom stereocenters. The summed E-state index contributed by atoms with van der Waals surface area (Å²) in [6.07, 6.45) is 0.157. The Labute approximate surface area is 121 Å². The van der Waals surface area contributed by atoms with Gasteiger partial charge in [-0.15, -0.1) is 0 Å². The molecule has 0 aromatic heterocycles. The zero-order valence-corrected chi connectivity index (χ0v) is 11.4. The van der Waals surface area contributed by atoms with Gasteiger partial charge in [-0.05, 0) is 17.7 Å². The summed E-state index contributed by atoms with van der Waals surface area (Å²) in [5.41, 5.74) is 0.795. The second-order valence-electron chi connectivity index (χ2n) is 4.35. The lowest BCUT2D eigenvalue weighted by Gasteiger charge is -2.07. The number of anilines is 1. The second kappa shape index (κ2) is 6.51. The van der Waals surface area contributed by atoms with Crippen LogP contribution in [0.25, 0.3) is 0 Å². The highest BCUT2D eigenvalue weighted by Gasteiger charge is 2.17. The van der Waals surface area contributed by atoms with Crippen LogP contribution >= 0.6 is 0 Å². The second-order valence-corrected chi connectivity index (χ2v) is 4.35. The van der Waals surface area contributed by atoms with Gasteiger partial charge in [-0.1, -0.05) is 30.3 Å². The van der Waals surface area contributed by atoms with Gasteiger partial charge >= 0.3 is 0 Å². The molecule has 0 unspecified atom stereocenters. The Balaban J connectivity index is 2.15. The van der Waals surface area contributed by atoms with E-state index in [4.69, 9.17) is 4.74 Å². The third-order valence-corrected chi connectivity index (χ3v) is 2.88. The zero-order chi connectivity index (χ0) is 15.2. The summed E-state index contributed by atoms with van der Waals surface area (Å²) >= 11 is 0. The number of benzene rings is 2. The van der Waals surface area contributed by atoms with Gasteiger partial charge in [0.1, 0.15) is 11.4 Å². The van der Waals surface area contributed by atoms with Crippen molar-refractivity contribution in [2.24, 2.45) is 0 Å². The first-order valence-electron chi connectivity index (χ1n) is 6.26. The summed E-state index contributed by atoms with van der Waals surface area (Å²) < 4.78 is 4.94. The molecule has 0 bridgehead atoms.